The Hall–Kier alpha value is -6.94. The molecule has 1 aliphatic carbocycles. The number of benzene rings is 9. The minimum atomic E-state index is 0.580. The van der Waals surface area contributed by atoms with E-state index in [-0.39, 0.29) is 0 Å². The SMILES string of the molecule is c1ccc(N(c2ccc(-c3ccc4oc5ccccc5c4c3)cc2)c2ccccc2-c2cccc3cccc(C4CCCCC4)c23)c(-c2cccc3c2sc2ccccc23)c1. The third-order valence-corrected chi connectivity index (χ3v) is 14.3. The Balaban J connectivity index is 1.07. The molecule has 0 unspecified atom stereocenters. The second-order valence-electron chi connectivity index (χ2n) is 16.6. The molecule has 2 heterocycles. The fourth-order valence-electron chi connectivity index (χ4n) is 10.2. The van der Waals surface area contributed by atoms with Crippen LogP contribution in [-0.4, -0.2) is 0 Å². The van der Waals surface area contributed by atoms with Crippen molar-refractivity contribution in [1.29, 1.82) is 0 Å². The highest BCUT2D eigenvalue weighted by Gasteiger charge is 2.25. The molecular formula is C58H43NOS. The number of furan rings is 1. The van der Waals surface area contributed by atoms with Crippen LogP contribution in [0.1, 0.15) is 43.6 Å². The number of hydrogen-bond donors (Lipinski definition) is 0. The normalized spacial score (nSPS) is 13.5. The minimum absolute atomic E-state index is 0.580. The van der Waals surface area contributed by atoms with Gasteiger partial charge in [-0.3, -0.25) is 0 Å². The minimum Gasteiger partial charge on any atom is -0.456 e. The van der Waals surface area contributed by atoms with Gasteiger partial charge in [0.25, 0.3) is 0 Å². The average Bonchev–Trinajstić information content (AvgIpc) is 3.91. The van der Waals surface area contributed by atoms with E-state index in [1.165, 1.54) is 102 Å². The lowest BCUT2D eigenvalue weighted by Crippen LogP contribution is -2.12. The molecule has 2 aromatic heterocycles. The molecule has 0 saturated heterocycles. The van der Waals surface area contributed by atoms with Crippen molar-refractivity contribution in [3.8, 4) is 33.4 Å². The van der Waals surface area contributed by atoms with Crippen LogP contribution in [0.25, 0.3) is 86.3 Å². The molecule has 0 amide bonds. The van der Waals surface area contributed by atoms with Gasteiger partial charge in [-0.1, -0.05) is 165 Å². The van der Waals surface area contributed by atoms with E-state index in [1.807, 2.05) is 23.5 Å². The van der Waals surface area contributed by atoms with Crippen molar-refractivity contribution in [3.05, 3.63) is 200 Å². The van der Waals surface area contributed by atoms with Gasteiger partial charge in [0.2, 0.25) is 0 Å². The summed E-state index contributed by atoms with van der Waals surface area (Å²) in [6.07, 6.45) is 6.47. The molecular weight excluding hydrogens is 759 g/mol. The standard InChI is InChI=1S/C58H43NOS/c1-2-15-39(16-3-1)43-23-12-17-40-18-13-24-48(57(40)43)44-19-4-8-27-52(44)59(42-34-31-38(32-35-42)41-33-36-55-51(37-41)46-21-6-10-29-54(46)60-55)53-28-9-5-20-45(53)49-25-14-26-50-47-22-7-11-30-56(47)61-58(49)50/h4-14,17-37,39H,1-3,15-16H2. The van der Waals surface area contributed by atoms with Gasteiger partial charge in [-0.05, 0) is 100 Å². The van der Waals surface area contributed by atoms with Crippen LogP contribution in [0.2, 0.25) is 0 Å². The molecule has 9 aromatic carbocycles. The molecule has 0 radical (unpaired) electrons. The zero-order valence-corrected chi connectivity index (χ0v) is 34.7. The first-order valence-corrected chi connectivity index (χ1v) is 22.5. The van der Waals surface area contributed by atoms with Gasteiger partial charge in [0.15, 0.2) is 0 Å². The van der Waals surface area contributed by atoms with Gasteiger partial charge in [-0.25, -0.2) is 0 Å². The van der Waals surface area contributed by atoms with Crippen LogP contribution in [0, 0.1) is 0 Å². The summed E-state index contributed by atoms with van der Waals surface area (Å²) in [6, 6.07) is 71.6. The van der Waals surface area contributed by atoms with Crippen molar-refractivity contribution < 1.29 is 4.42 Å². The van der Waals surface area contributed by atoms with Crippen molar-refractivity contribution in [2.45, 2.75) is 38.0 Å². The number of fused-ring (bicyclic) bond motifs is 7. The van der Waals surface area contributed by atoms with Gasteiger partial charge in [-0.15, -0.1) is 11.3 Å². The first-order chi connectivity index (χ1) is 30.3. The maximum atomic E-state index is 6.19. The van der Waals surface area contributed by atoms with E-state index in [4.69, 9.17) is 4.42 Å². The molecule has 1 saturated carbocycles. The van der Waals surface area contributed by atoms with Crippen LogP contribution in [0.3, 0.4) is 0 Å². The van der Waals surface area contributed by atoms with Crippen LogP contribution >= 0.6 is 11.3 Å². The number of anilines is 3. The molecule has 0 atom stereocenters. The fourth-order valence-corrected chi connectivity index (χ4v) is 11.4. The molecule has 12 rings (SSSR count). The van der Waals surface area contributed by atoms with Crippen LogP contribution < -0.4 is 4.90 Å². The third kappa shape index (κ3) is 6.14. The smallest absolute Gasteiger partial charge is 0.135 e. The molecule has 0 N–H and O–H groups in total. The first-order valence-electron chi connectivity index (χ1n) is 21.7. The summed E-state index contributed by atoms with van der Waals surface area (Å²) in [6.45, 7) is 0. The first kappa shape index (κ1) is 36.0. The number of hydrogen-bond acceptors (Lipinski definition) is 3. The molecule has 0 bridgehead atoms. The van der Waals surface area contributed by atoms with E-state index >= 15 is 0 Å². The van der Waals surface area contributed by atoms with Gasteiger partial charge in [0.05, 0.1) is 11.4 Å². The van der Waals surface area contributed by atoms with E-state index in [9.17, 15) is 0 Å². The summed E-state index contributed by atoms with van der Waals surface area (Å²) in [4.78, 5) is 2.51. The molecule has 1 aliphatic rings. The van der Waals surface area contributed by atoms with Gasteiger partial charge >= 0.3 is 0 Å². The predicted octanol–water partition coefficient (Wildman–Crippen LogP) is 17.6. The lowest BCUT2D eigenvalue weighted by Gasteiger charge is -2.31. The highest BCUT2D eigenvalue weighted by molar-refractivity contribution is 7.26. The zero-order valence-electron chi connectivity index (χ0n) is 33.9. The van der Waals surface area contributed by atoms with Crippen molar-refractivity contribution in [2.75, 3.05) is 4.90 Å². The number of para-hydroxylation sites is 3. The van der Waals surface area contributed by atoms with Gasteiger partial charge in [0.1, 0.15) is 11.2 Å². The van der Waals surface area contributed by atoms with Crippen molar-refractivity contribution in [3.63, 3.8) is 0 Å². The number of nitrogens with zero attached hydrogens (tertiary/aromatic N) is 1. The summed E-state index contributed by atoms with van der Waals surface area (Å²) < 4.78 is 8.82. The molecule has 2 nitrogen and oxygen atoms in total. The topological polar surface area (TPSA) is 16.4 Å². The molecule has 3 heteroatoms. The van der Waals surface area contributed by atoms with Crippen molar-refractivity contribution >= 4 is 81.3 Å². The molecule has 0 aliphatic heterocycles. The Morgan fingerprint density at radius 3 is 1.87 bits per heavy atom. The third-order valence-electron chi connectivity index (χ3n) is 13.1. The van der Waals surface area contributed by atoms with Gasteiger partial charge in [0, 0.05) is 53.3 Å². The van der Waals surface area contributed by atoms with Crippen LogP contribution in [0.4, 0.5) is 17.1 Å². The summed E-state index contributed by atoms with van der Waals surface area (Å²) in [7, 11) is 0. The Morgan fingerprint density at radius 2 is 1.05 bits per heavy atom. The highest BCUT2D eigenvalue weighted by atomic mass is 32.1. The largest absolute Gasteiger partial charge is 0.456 e. The Morgan fingerprint density at radius 1 is 0.443 bits per heavy atom. The average molecular weight is 802 g/mol. The predicted molar refractivity (Wildman–Crippen MR) is 261 cm³/mol. The van der Waals surface area contributed by atoms with Gasteiger partial charge in [-0.2, -0.15) is 0 Å². The summed E-state index contributed by atoms with van der Waals surface area (Å²) in [5, 5.41) is 7.60. The Bertz CT molecular complexity index is 3410. The van der Waals surface area contributed by atoms with Crippen molar-refractivity contribution in [1.82, 2.24) is 0 Å². The Labute approximate surface area is 360 Å². The maximum Gasteiger partial charge on any atom is 0.135 e. The van der Waals surface area contributed by atoms with E-state index < -0.39 is 0 Å². The van der Waals surface area contributed by atoms with E-state index in [0.717, 1.165) is 39.0 Å². The zero-order chi connectivity index (χ0) is 40.3. The van der Waals surface area contributed by atoms with Crippen LogP contribution in [0.5, 0.6) is 0 Å². The second kappa shape index (κ2) is 15.0. The summed E-state index contributed by atoms with van der Waals surface area (Å²) in [5.74, 6) is 0.580. The lowest BCUT2D eigenvalue weighted by atomic mass is 9.80. The number of thiophene rings is 1. The van der Waals surface area contributed by atoms with Gasteiger partial charge < -0.3 is 9.32 Å². The molecule has 0 spiro atoms. The van der Waals surface area contributed by atoms with Crippen molar-refractivity contribution in [2.24, 2.45) is 0 Å². The second-order valence-corrected chi connectivity index (χ2v) is 17.6. The molecule has 292 valence electrons. The maximum absolute atomic E-state index is 6.19. The monoisotopic (exact) mass is 801 g/mol. The van der Waals surface area contributed by atoms with Crippen LogP contribution in [0.15, 0.2) is 199 Å². The highest BCUT2D eigenvalue weighted by Crippen LogP contribution is 2.50. The fraction of sp³-hybridized carbons (Fsp3) is 0.103. The van der Waals surface area contributed by atoms with E-state index in [1.54, 1.807) is 0 Å². The molecule has 11 aromatic rings. The molecule has 1 fully saturated rings. The Kier molecular flexibility index (Phi) is 8.82. The summed E-state index contributed by atoms with van der Waals surface area (Å²) in [5.41, 5.74) is 14.0. The quantitative estimate of drug-likeness (QED) is 0.160. The number of rotatable bonds is 7. The van der Waals surface area contributed by atoms with E-state index in [2.05, 4.69) is 187 Å². The van der Waals surface area contributed by atoms with E-state index in [0.29, 0.717) is 5.92 Å². The van der Waals surface area contributed by atoms with Crippen LogP contribution in [-0.2, 0) is 0 Å². The lowest BCUT2D eigenvalue weighted by molar-refractivity contribution is 0.445. The molecule has 61 heavy (non-hydrogen) atoms. The summed E-state index contributed by atoms with van der Waals surface area (Å²) >= 11 is 1.89.